The monoisotopic (exact) mass is 335 g/mol. The molecule has 3 aromatic rings. The van der Waals surface area contributed by atoms with Gasteiger partial charge in [0.25, 0.3) is 0 Å². The van der Waals surface area contributed by atoms with Crippen molar-refractivity contribution in [3.8, 4) is 0 Å². The molecular weight excluding hydrogens is 314 g/mol. The van der Waals surface area contributed by atoms with Crippen LogP contribution in [0.1, 0.15) is 32.6 Å². The third-order valence-electron chi connectivity index (χ3n) is 4.33. The van der Waals surface area contributed by atoms with Crippen LogP contribution in [0.25, 0.3) is 10.9 Å². The van der Waals surface area contributed by atoms with Gasteiger partial charge in [-0.15, -0.1) is 0 Å². The lowest BCUT2D eigenvalue weighted by atomic mass is 9.97. The molecule has 1 N–H and O–H groups in total. The predicted molar refractivity (Wildman–Crippen MR) is 97.9 cm³/mol. The lowest BCUT2D eigenvalue weighted by Crippen LogP contribution is -2.17. The Morgan fingerprint density at radius 1 is 1.04 bits per heavy atom. The Morgan fingerprint density at radius 3 is 2.44 bits per heavy atom. The first-order valence-electron chi connectivity index (χ1n) is 8.27. The number of esters is 1. The van der Waals surface area contributed by atoms with Crippen LogP contribution in [0.15, 0.2) is 42.6 Å². The van der Waals surface area contributed by atoms with Gasteiger partial charge in [-0.05, 0) is 43.5 Å². The molecule has 1 aromatic heterocycles. The van der Waals surface area contributed by atoms with E-state index in [9.17, 15) is 9.59 Å². The molecule has 25 heavy (non-hydrogen) atoms. The fraction of sp³-hybridized carbons (Fsp3) is 0.238. The maximum absolute atomic E-state index is 12.4. The number of carbonyl (C=O) groups excluding carboxylic acids is 2. The summed E-state index contributed by atoms with van der Waals surface area (Å²) in [7, 11) is 0. The number of ketones is 1. The molecule has 0 bridgehead atoms. The minimum Gasteiger partial charge on any atom is -0.457 e. The fourth-order valence-electron chi connectivity index (χ4n) is 3.32. The van der Waals surface area contributed by atoms with E-state index in [2.05, 4.69) is 4.98 Å². The summed E-state index contributed by atoms with van der Waals surface area (Å²) in [5, 5.41) is 0.996. The summed E-state index contributed by atoms with van der Waals surface area (Å²) in [5.74, 6) is -0.567. The number of Topliss-reactive ketones (excluding diaryl/α,β-unsaturated/α-hetero) is 1. The molecule has 0 atom stereocenters. The van der Waals surface area contributed by atoms with Gasteiger partial charge in [0.05, 0.1) is 6.42 Å². The van der Waals surface area contributed by atoms with E-state index in [0.717, 1.165) is 33.2 Å². The Bertz CT molecular complexity index is 930. The highest BCUT2D eigenvalue weighted by Gasteiger charge is 2.16. The van der Waals surface area contributed by atoms with Crippen molar-refractivity contribution in [2.24, 2.45) is 0 Å². The summed E-state index contributed by atoms with van der Waals surface area (Å²) in [5.41, 5.74) is 5.43. The van der Waals surface area contributed by atoms with Crippen LogP contribution in [-0.4, -0.2) is 23.3 Å². The smallest absolute Gasteiger partial charge is 0.310 e. The SMILES string of the molecule is Cc1cc(C)c(C(=O)COC(=O)Cc2c[nH]c3ccccc23)c(C)c1. The van der Waals surface area contributed by atoms with E-state index in [4.69, 9.17) is 4.74 Å². The molecule has 0 saturated heterocycles. The molecule has 0 unspecified atom stereocenters. The first kappa shape index (κ1) is 17.0. The van der Waals surface area contributed by atoms with E-state index in [1.165, 1.54) is 0 Å². The Kier molecular flexibility index (Phi) is 4.70. The van der Waals surface area contributed by atoms with Crippen LogP contribution in [0.4, 0.5) is 0 Å². The molecule has 0 fully saturated rings. The van der Waals surface area contributed by atoms with E-state index < -0.39 is 5.97 Å². The summed E-state index contributed by atoms with van der Waals surface area (Å²) in [6.07, 6.45) is 1.95. The molecule has 4 nitrogen and oxygen atoms in total. The molecule has 0 aliphatic heterocycles. The highest BCUT2D eigenvalue weighted by atomic mass is 16.5. The van der Waals surface area contributed by atoms with Crippen molar-refractivity contribution in [2.75, 3.05) is 6.61 Å². The van der Waals surface area contributed by atoms with E-state index >= 15 is 0 Å². The van der Waals surface area contributed by atoms with Gasteiger partial charge in [0.15, 0.2) is 6.61 Å². The fourth-order valence-corrected chi connectivity index (χ4v) is 3.32. The van der Waals surface area contributed by atoms with Gasteiger partial charge in [-0.3, -0.25) is 9.59 Å². The second kappa shape index (κ2) is 6.93. The largest absolute Gasteiger partial charge is 0.457 e. The van der Waals surface area contributed by atoms with Gasteiger partial charge in [-0.25, -0.2) is 0 Å². The number of para-hydroxylation sites is 1. The molecule has 0 radical (unpaired) electrons. The quantitative estimate of drug-likeness (QED) is 0.565. The minimum absolute atomic E-state index is 0.142. The predicted octanol–water partition coefficient (Wildman–Crippen LogP) is 4.06. The van der Waals surface area contributed by atoms with Crippen molar-refractivity contribution < 1.29 is 14.3 Å². The molecule has 0 spiro atoms. The Hall–Kier alpha value is -2.88. The first-order chi connectivity index (χ1) is 12.0. The van der Waals surface area contributed by atoms with E-state index in [1.807, 2.05) is 63.4 Å². The highest BCUT2D eigenvalue weighted by Crippen LogP contribution is 2.19. The molecule has 0 aliphatic carbocycles. The van der Waals surface area contributed by atoms with E-state index in [-0.39, 0.29) is 18.8 Å². The maximum Gasteiger partial charge on any atom is 0.310 e. The van der Waals surface area contributed by atoms with Gasteiger partial charge in [0.2, 0.25) is 5.78 Å². The molecule has 0 saturated carbocycles. The average Bonchev–Trinajstić information content (AvgIpc) is 2.95. The zero-order chi connectivity index (χ0) is 18.0. The highest BCUT2D eigenvalue weighted by molar-refractivity contribution is 6.00. The van der Waals surface area contributed by atoms with Crippen LogP contribution in [0.2, 0.25) is 0 Å². The topological polar surface area (TPSA) is 59.2 Å². The van der Waals surface area contributed by atoms with Crippen molar-refractivity contribution in [1.82, 2.24) is 4.98 Å². The van der Waals surface area contributed by atoms with Crippen LogP contribution in [0.5, 0.6) is 0 Å². The van der Waals surface area contributed by atoms with Crippen molar-refractivity contribution in [3.63, 3.8) is 0 Å². The molecule has 1 heterocycles. The van der Waals surface area contributed by atoms with Crippen LogP contribution < -0.4 is 0 Å². The first-order valence-corrected chi connectivity index (χ1v) is 8.27. The Morgan fingerprint density at radius 2 is 1.72 bits per heavy atom. The molecule has 128 valence electrons. The van der Waals surface area contributed by atoms with Gasteiger partial charge < -0.3 is 9.72 Å². The number of hydrogen-bond acceptors (Lipinski definition) is 3. The number of aromatic nitrogens is 1. The summed E-state index contributed by atoms with van der Waals surface area (Å²) < 4.78 is 5.22. The van der Waals surface area contributed by atoms with Crippen LogP contribution >= 0.6 is 0 Å². The lowest BCUT2D eigenvalue weighted by Gasteiger charge is -2.10. The number of fused-ring (bicyclic) bond motifs is 1. The average molecular weight is 335 g/mol. The van der Waals surface area contributed by atoms with E-state index in [1.54, 1.807) is 0 Å². The summed E-state index contributed by atoms with van der Waals surface area (Å²) in [6.45, 7) is 5.57. The summed E-state index contributed by atoms with van der Waals surface area (Å²) in [4.78, 5) is 27.7. The van der Waals surface area contributed by atoms with Crippen molar-refractivity contribution >= 4 is 22.7 Å². The number of hydrogen-bond donors (Lipinski definition) is 1. The summed E-state index contributed by atoms with van der Waals surface area (Å²) in [6, 6.07) is 11.7. The van der Waals surface area contributed by atoms with Gasteiger partial charge in [-0.1, -0.05) is 35.9 Å². The minimum atomic E-state index is -0.402. The Balaban J connectivity index is 1.65. The number of aryl methyl sites for hydroxylation is 3. The standard InChI is InChI=1S/C21H21NO3/c1-13-8-14(2)21(15(3)9-13)19(23)12-25-20(24)10-16-11-22-18-7-5-4-6-17(16)18/h4-9,11,22H,10,12H2,1-3H3. The van der Waals surface area contributed by atoms with Gasteiger partial charge in [-0.2, -0.15) is 0 Å². The zero-order valence-electron chi connectivity index (χ0n) is 14.7. The Labute approximate surface area is 146 Å². The number of benzene rings is 2. The second-order valence-electron chi connectivity index (χ2n) is 6.39. The van der Waals surface area contributed by atoms with Gasteiger partial charge in [0, 0.05) is 22.7 Å². The summed E-state index contributed by atoms with van der Waals surface area (Å²) >= 11 is 0. The molecule has 0 aliphatic rings. The number of H-pyrrole nitrogens is 1. The third kappa shape index (κ3) is 3.63. The number of ether oxygens (including phenoxy) is 1. The van der Waals surface area contributed by atoms with Crippen LogP contribution in [-0.2, 0) is 16.0 Å². The van der Waals surface area contributed by atoms with Crippen molar-refractivity contribution in [3.05, 3.63) is 70.4 Å². The maximum atomic E-state index is 12.4. The van der Waals surface area contributed by atoms with Crippen molar-refractivity contribution in [1.29, 1.82) is 0 Å². The third-order valence-corrected chi connectivity index (χ3v) is 4.33. The second-order valence-corrected chi connectivity index (χ2v) is 6.39. The zero-order valence-corrected chi connectivity index (χ0v) is 14.7. The van der Waals surface area contributed by atoms with Gasteiger partial charge >= 0.3 is 5.97 Å². The number of aromatic amines is 1. The normalized spacial score (nSPS) is 10.8. The molecule has 0 amide bonds. The van der Waals surface area contributed by atoms with Gasteiger partial charge in [0.1, 0.15) is 0 Å². The number of rotatable bonds is 5. The van der Waals surface area contributed by atoms with E-state index in [0.29, 0.717) is 5.56 Å². The number of carbonyl (C=O) groups is 2. The van der Waals surface area contributed by atoms with Crippen LogP contribution in [0, 0.1) is 20.8 Å². The lowest BCUT2D eigenvalue weighted by molar-refractivity contribution is -0.141. The number of nitrogens with one attached hydrogen (secondary N) is 1. The molecule has 3 rings (SSSR count). The molecule has 2 aromatic carbocycles. The molecule has 4 heteroatoms. The molecular formula is C21H21NO3. The van der Waals surface area contributed by atoms with Crippen LogP contribution in [0.3, 0.4) is 0 Å². The van der Waals surface area contributed by atoms with Crippen molar-refractivity contribution in [2.45, 2.75) is 27.2 Å².